The first-order valence-electron chi connectivity index (χ1n) is 11.7. The Morgan fingerprint density at radius 2 is 2.05 bits per heavy atom. The summed E-state index contributed by atoms with van der Waals surface area (Å²) in [6.45, 7) is 1.45. The summed E-state index contributed by atoms with van der Waals surface area (Å²) in [6.07, 6.45) is 7.18. The van der Waals surface area contributed by atoms with Crippen molar-refractivity contribution in [1.82, 2.24) is 15.0 Å². The predicted octanol–water partition coefficient (Wildman–Crippen LogP) is 3.57. The van der Waals surface area contributed by atoms with Crippen molar-refractivity contribution in [2.24, 2.45) is 22.4 Å². The van der Waals surface area contributed by atoms with Crippen molar-refractivity contribution < 1.29 is 13.9 Å². The molecule has 0 saturated carbocycles. The van der Waals surface area contributed by atoms with Crippen molar-refractivity contribution >= 4 is 22.4 Å². The Hall–Kier alpha value is -4.57. The number of hydrogen-bond donors (Lipinski definition) is 3. The molecule has 5 rings (SSSR count). The summed E-state index contributed by atoms with van der Waals surface area (Å²) >= 11 is 0. The van der Waals surface area contributed by atoms with E-state index in [2.05, 4.69) is 19.9 Å². The average molecular weight is 501 g/mol. The largest absolute Gasteiger partial charge is 0.489 e. The van der Waals surface area contributed by atoms with Gasteiger partial charge in [-0.25, -0.2) is 14.4 Å². The maximum Gasteiger partial charge on any atom is 0.259 e. The Balaban J connectivity index is 1.49. The van der Waals surface area contributed by atoms with Gasteiger partial charge in [0, 0.05) is 48.4 Å². The van der Waals surface area contributed by atoms with E-state index in [0.29, 0.717) is 35.9 Å². The minimum Gasteiger partial charge on any atom is -0.489 e. The summed E-state index contributed by atoms with van der Waals surface area (Å²) in [4.78, 5) is 28.1. The van der Waals surface area contributed by atoms with Gasteiger partial charge in [-0.15, -0.1) is 0 Å². The van der Waals surface area contributed by atoms with Crippen LogP contribution in [0, 0.1) is 11.7 Å². The molecule has 4 aromatic rings. The van der Waals surface area contributed by atoms with E-state index in [-0.39, 0.29) is 40.6 Å². The zero-order chi connectivity index (χ0) is 25.8. The molecule has 1 fully saturated rings. The van der Waals surface area contributed by atoms with E-state index in [0.717, 1.165) is 12.0 Å². The molecule has 1 atom stereocenters. The van der Waals surface area contributed by atoms with Crippen molar-refractivity contribution in [2.45, 2.75) is 13.0 Å². The molecule has 0 amide bonds. The fourth-order valence-electron chi connectivity index (χ4n) is 4.10. The minimum absolute atomic E-state index is 0.0651. The highest BCUT2D eigenvalue weighted by molar-refractivity contribution is 5.99. The summed E-state index contributed by atoms with van der Waals surface area (Å²) in [6, 6.07) is 11.3. The van der Waals surface area contributed by atoms with Crippen LogP contribution in [0.25, 0.3) is 22.2 Å². The van der Waals surface area contributed by atoms with E-state index in [9.17, 15) is 4.79 Å². The Bertz CT molecular complexity index is 1550. The molecule has 1 saturated heterocycles. The minimum atomic E-state index is -0.530. The number of fused-ring (bicyclic) bond motifs is 1. The Morgan fingerprint density at radius 3 is 2.81 bits per heavy atom. The molecular weight excluding hydrogens is 475 g/mol. The molecule has 0 spiro atoms. The summed E-state index contributed by atoms with van der Waals surface area (Å²) in [5.74, 6) is 0.0215. The number of nitrogens with one attached hydrogen (secondary N) is 1. The number of nitrogens with zero attached hydrogens (tertiary/aromatic N) is 3. The first-order chi connectivity index (χ1) is 18.0. The second kappa shape index (κ2) is 10.6. The van der Waals surface area contributed by atoms with Crippen LogP contribution in [0.5, 0.6) is 5.75 Å². The van der Waals surface area contributed by atoms with Gasteiger partial charge in [0.15, 0.2) is 0 Å². The summed E-state index contributed by atoms with van der Waals surface area (Å²) in [7, 11) is 0. The van der Waals surface area contributed by atoms with Crippen LogP contribution in [0.2, 0.25) is 0 Å². The molecule has 3 aromatic heterocycles. The predicted molar refractivity (Wildman–Crippen MR) is 139 cm³/mol. The summed E-state index contributed by atoms with van der Waals surface area (Å²) < 4.78 is 26.3. The van der Waals surface area contributed by atoms with Gasteiger partial charge in [0.1, 0.15) is 24.0 Å². The van der Waals surface area contributed by atoms with Crippen LogP contribution < -0.4 is 21.8 Å². The number of rotatable bonds is 7. The molecule has 9 nitrogen and oxygen atoms in total. The molecule has 37 heavy (non-hydrogen) atoms. The van der Waals surface area contributed by atoms with Crippen molar-refractivity contribution in [1.29, 1.82) is 0 Å². The number of halogens is 1. The molecule has 4 heterocycles. The van der Waals surface area contributed by atoms with Crippen molar-refractivity contribution in [3.05, 3.63) is 94.6 Å². The number of pyridine rings is 3. The van der Waals surface area contributed by atoms with Gasteiger partial charge in [-0.2, -0.15) is 0 Å². The number of ether oxygens (including phenoxy) is 2. The third-order valence-electron chi connectivity index (χ3n) is 6.05. The van der Waals surface area contributed by atoms with Gasteiger partial charge in [-0.1, -0.05) is 0 Å². The third kappa shape index (κ3) is 5.49. The lowest BCUT2D eigenvalue weighted by atomic mass is 10.1. The maximum absolute atomic E-state index is 15.2. The van der Waals surface area contributed by atoms with Crippen LogP contribution in [0.1, 0.15) is 12.0 Å². The van der Waals surface area contributed by atoms with Crippen molar-refractivity contribution in [2.75, 3.05) is 13.2 Å². The van der Waals surface area contributed by atoms with E-state index in [1.165, 1.54) is 18.3 Å². The summed E-state index contributed by atoms with van der Waals surface area (Å²) in [5.41, 5.74) is 14.5. The van der Waals surface area contributed by atoms with Crippen molar-refractivity contribution in [3.63, 3.8) is 0 Å². The van der Waals surface area contributed by atoms with Gasteiger partial charge in [-0.3, -0.25) is 9.78 Å². The second-order valence-electron chi connectivity index (χ2n) is 8.62. The number of aromatic amines is 1. The zero-order valence-corrected chi connectivity index (χ0v) is 19.9. The Kier molecular flexibility index (Phi) is 6.91. The second-order valence-corrected chi connectivity index (χ2v) is 8.62. The number of nitrogens with two attached hydrogens (primary N) is 2. The summed E-state index contributed by atoms with van der Waals surface area (Å²) in [5, 5.41) is 0.239. The molecular formula is C27H25FN6O3. The molecule has 1 unspecified atom stereocenters. The van der Waals surface area contributed by atoms with Crippen LogP contribution in [-0.4, -0.2) is 34.0 Å². The lowest BCUT2D eigenvalue weighted by molar-refractivity contribution is 0.190. The van der Waals surface area contributed by atoms with Crippen LogP contribution in [0.15, 0.2) is 82.6 Å². The van der Waals surface area contributed by atoms with E-state index in [1.54, 1.807) is 36.7 Å². The number of hydrogen-bond acceptors (Lipinski definition) is 7. The van der Waals surface area contributed by atoms with E-state index in [1.807, 2.05) is 12.1 Å². The number of aliphatic imine (C=N–C) groups is 1. The number of aromatic nitrogens is 3. The van der Waals surface area contributed by atoms with Crippen LogP contribution in [-0.2, 0) is 11.3 Å². The molecule has 1 aromatic carbocycles. The molecule has 1 aliphatic heterocycles. The SMILES string of the molecule is NC(/C=C(\N)C1CCOC1)=Nc1cc(-c2ccc(OCc3ccncc3)cc2F)nc2cc[nH]c(=O)c12. The lowest BCUT2D eigenvalue weighted by Gasteiger charge is -2.11. The zero-order valence-electron chi connectivity index (χ0n) is 19.9. The van der Waals surface area contributed by atoms with Crippen LogP contribution >= 0.6 is 0 Å². The Labute approximate surface area is 211 Å². The van der Waals surface area contributed by atoms with Crippen LogP contribution in [0.3, 0.4) is 0 Å². The molecule has 1 aliphatic rings. The monoisotopic (exact) mass is 500 g/mol. The molecule has 0 radical (unpaired) electrons. The molecule has 10 heteroatoms. The fraction of sp³-hybridized carbons (Fsp3) is 0.185. The first-order valence-corrected chi connectivity index (χ1v) is 11.7. The number of amidine groups is 1. The normalized spacial score (nSPS) is 16.3. The molecule has 0 bridgehead atoms. The van der Waals surface area contributed by atoms with E-state index >= 15 is 4.39 Å². The average Bonchev–Trinajstić information content (AvgIpc) is 3.43. The smallest absolute Gasteiger partial charge is 0.259 e. The third-order valence-corrected chi connectivity index (χ3v) is 6.05. The van der Waals surface area contributed by atoms with Gasteiger partial charge in [-0.05, 0) is 54.5 Å². The highest BCUT2D eigenvalue weighted by atomic mass is 19.1. The quantitative estimate of drug-likeness (QED) is 0.260. The highest BCUT2D eigenvalue weighted by Gasteiger charge is 2.18. The van der Waals surface area contributed by atoms with Crippen LogP contribution in [0.4, 0.5) is 10.1 Å². The lowest BCUT2D eigenvalue weighted by Crippen LogP contribution is -2.17. The van der Waals surface area contributed by atoms with Gasteiger partial charge in [0.05, 0.1) is 28.9 Å². The van der Waals surface area contributed by atoms with E-state index < -0.39 is 5.82 Å². The highest BCUT2D eigenvalue weighted by Crippen LogP contribution is 2.31. The van der Waals surface area contributed by atoms with Gasteiger partial charge < -0.3 is 25.9 Å². The van der Waals surface area contributed by atoms with Crippen molar-refractivity contribution in [3.8, 4) is 17.0 Å². The maximum atomic E-state index is 15.2. The standard InChI is InChI=1S/C27H25FN6O3/c28-20-11-18(37-14-16-3-7-31-8-4-16)1-2-19(20)23-13-24(26-22(33-23)5-9-32-27(26)35)34-25(30)12-21(29)17-6-10-36-15-17/h1-5,7-9,11-13,17H,6,10,14-15,29H2,(H,32,35)(H2,30,33,34)/b21-12-. The molecule has 0 aliphatic carbocycles. The molecule has 188 valence electrons. The van der Waals surface area contributed by atoms with Gasteiger partial charge in [0.25, 0.3) is 5.56 Å². The van der Waals surface area contributed by atoms with Gasteiger partial charge >= 0.3 is 0 Å². The number of H-pyrrole nitrogens is 1. The van der Waals surface area contributed by atoms with E-state index in [4.69, 9.17) is 20.9 Å². The number of benzene rings is 1. The topological polar surface area (TPSA) is 142 Å². The molecule has 5 N–H and O–H groups in total. The van der Waals surface area contributed by atoms with Gasteiger partial charge in [0.2, 0.25) is 0 Å². The fourth-order valence-corrected chi connectivity index (χ4v) is 4.10. The Morgan fingerprint density at radius 1 is 1.22 bits per heavy atom. The first kappa shape index (κ1) is 24.1.